The molecule has 0 saturated heterocycles. The fraction of sp³-hybridized carbons (Fsp3) is 0.316. The van der Waals surface area contributed by atoms with Crippen molar-refractivity contribution in [1.29, 1.82) is 0 Å². The van der Waals surface area contributed by atoms with Gasteiger partial charge in [-0.3, -0.25) is 4.79 Å². The number of ether oxygens (including phenoxy) is 2. The fourth-order valence-electron chi connectivity index (χ4n) is 2.77. The molecule has 1 aliphatic heterocycles. The third kappa shape index (κ3) is 4.41. The zero-order valence-corrected chi connectivity index (χ0v) is 16.0. The highest BCUT2D eigenvalue weighted by molar-refractivity contribution is 6.35. The Kier molecular flexibility index (Phi) is 5.91. The number of carbonyl (C=O) groups excluding carboxylic acids is 1. The van der Waals surface area contributed by atoms with Crippen LogP contribution in [-0.2, 0) is 4.79 Å². The predicted octanol–water partition coefficient (Wildman–Crippen LogP) is 4.25. The molecule has 0 saturated carbocycles. The van der Waals surface area contributed by atoms with Gasteiger partial charge in [-0.15, -0.1) is 0 Å². The molecule has 5 nitrogen and oxygen atoms in total. The quantitative estimate of drug-likeness (QED) is 0.768. The van der Waals surface area contributed by atoms with Crippen molar-refractivity contribution in [1.82, 2.24) is 10.6 Å². The van der Waals surface area contributed by atoms with Gasteiger partial charge < -0.3 is 20.1 Å². The van der Waals surface area contributed by atoms with Gasteiger partial charge in [0.05, 0.1) is 12.6 Å². The molecule has 1 aliphatic rings. The summed E-state index contributed by atoms with van der Waals surface area (Å²) < 4.78 is 10.7. The zero-order chi connectivity index (χ0) is 18.7. The van der Waals surface area contributed by atoms with E-state index in [2.05, 4.69) is 10.6 Å². The third-order valence-electron chi connectivity index (χ3n) is 4.27. The maximum atomic E-state index is 12.3. The highest BCUT2D eigenvalue weighted by atomic mass is 35.5. The zero-order valence-electron chi connectivity index (χ0n) is 14.5. The van der Waals surface area contributed by atoms with Crippen molar-refractivity contribution in [3.8, 4) is 11.5 Å². The van der Waals surface area contributed by atoms with E-state index in [9.17, 15) is 4.79 Å². The minimum atomic E-state index is -0.145. The van der Waals surface area contributed by atoms with E-state index < -0.39 is 0 Å². The first kappa shape index (κ1) is 18.8. The SMILES string of the molecule is C[C@H](NC(=O)CN[C@H](C)c1ccc(Cl)cc1Cl)c1ccc2c(c1)OCO2. The van der Waals surface area contributed by atoms with Crippen molar-refractivity contribution in [2.75, 3.05) is 13.3 Å². The molecular weight excluding hydrogens is 375 g/mol. The van der Waals surface area contributed by atoms with Crippen LogP contribution in [0.3, 0.4) is 0 Å². The number of halogens is 2. The van der Waals surface area contributed by atoms with E-state index in [-0.39, 0.29) is 31.3 Å². The summed E-state index contributed by atoms with van der Waals surface area (Å²) in [4.78, 5) is 12.3. The van der Waals surface area contributed by atoms with Gasteiger partial charge in [-0.05, 0) is 49.2 Å². The summed E-state index contributed by atoms with van der Waals surface area (Å²) in [5.41, 5.74) is 1.85. The molecule has 1 heterocycles. The van der Waals surface area contributed by atoms with Gasteiger partial charge in [-0.2, -0.15) is 0 Å². The molecule has 2 aromatic carbocycles. The Morgan fingerprint density at radius 1 is 1.08 bits per heavy atom. The van der Waals surface area contributed by atoms with Crippen molar-refractivity contribution in [3.63, 3.8) is 0 Å². The second-order valence-corrected chi connectivity index (χ2v) is 7.01. The minimum Gasteiger partial charge on any atom is -0.454 e. The van der Waals surface area contributed by atoms with Crippen LogP contribution in [-0.4, -0.2) is 19.2 Å². The predicted molar refractivity (Wildman–Crippen MR) is 102 cm³/mol. The smallest absolute Gasteiger partial charge is 0.234 e. The monoisotopic (exact) mass is 394 g/mol. The molecule has 0 unspecified atom stereocenters. The van der Waals surface area contributed by atoms with Crippen LogP contribution < -0.4 is 20.1 Å². The first-order chi connectivity index (χ1) is 12.4. The average Bonchev–Trinajstić information content (AvgIpc) is 3.07. The van der Waals surface area contributed by atoms with Gasteiger partial charge in [0.1, 0.15) is 0 Å². The Morgan fingerprint density at radius 3 is 2.62 bits per heavy atom. The molecule has 26 heavy (non-hydrogen) atoms. The number of fused-ring (bicyclic) bond motifs is 1. The van der Waals surface area contributed by atoms with Gasteiger partial charge in [0, 0.05) is 16.1 Å². The molecule has 7 heteroatoms. The summed E-state index contributed by atoms with van der Waals surface area (Å²) in [7, 11) is 0. The topological polar surface area (TPSA) is 59.6 Å². The molecule has 1 amide bonds. The van der Waals surface area contributed by atoms with Crippen molar-refractivity contribution in [3.05, 3.63) is 57.6 Å². The molecule has 3 rings (SSSR count). The summed E-state index contributed by atoms with van der Waals surface area (Å²) in [5.74, 6) is 1.32. The van der Waals surface area contributed by atoms with Gasteiger partial charge in [-0.1, -0.05) is 35.3 Å². The van der Waals surface area contributed by atoms with Crippen LogP contribution >= 0.6 is 23.2 Å². The lowest BCUT2D eigenvalue weighted by Gasteiger charge is -2.18. The normalized spacial score (nSPS) is 14.8. The molecule has 0 aromatic heterocycles. The number of benzene rings is 2. The second-order valence-electron chi connectivity index (χ2n) is 6.17. The van der Waals surface area contributed by atoms with E-state index in [1.165, 1.54) is 0 Å². The summed E-state index contributed by atoms with van der Waals surface area (Å²) >= 11 is 12.1. The Labute approximate surface area is 162 Å². The van der Waals surface area contributed by atoms with E-state index in [1.54, 1.807) is 12.1 Å². The first-order valence-electron chi connectivity index (χ1n) is 8.31. The number of hydrogen-bond donors (Lipinski definition) is 2. The number of amides is 1. The standard InChI is InChI=1S/C19H20Cl2N2O3/c1-11(13-3-6-17-18(7-13)26-10-25-17)23-19(24)9-22-12(2)15-5-4-14(20)8-16(15)21/h3-8,11-12,22H,9-10H2,1-2H3,(H,23,24)/t11-,12+/m0/s1. The van der Waals surface area contributed by atoms with Crippen molar-refractivity contribution >= 4 is 29.1 Å². The molecule has 0 spiro atoms. The van der Waals surface area contributed by atoms with Crippen LogP contribution in [0.5, 0.6) is 11.5 Å². The number of hydrogen-bond acceptors (Lipinski definition) is 4. The summed E-state index contributed by atoms with van der Waals surface area (Å²) in [6.07, 6.45) is 0. The summed E-state index contributed by atoms with van der Waals surface area (Å²) in [6, 6.07) is 10.8. The lowest BCUT2D eigenvalue weighted by Crippen LogP contribution is -2.36. The Morgan fingerprint density at radius 2 is 1.85 bits per heavy atom. The second kappa shape index (κ2) is 8.16. The molecule has 0 aliphatic carbocycles. The van der Waals surface area contributed by atoms with E-state index >= 15 is 0 Å². The van der Waals surface area contributed by atoms with Gasteiger partial charge >= 0.3 is 0 Å². The molecular formula is C19H20Cl2N2O3. The van der Waals surface area contributed by atoms with E-state index in [1.807, 2.05) is 38.1 Å². The van der Waals surface area contributed by atoms with Crippen LogP contribution in [0, 0.1) is 0 Å². The average molecular weight is 395 g/mol. The molecule has 0 fully saturated rings. The molecule has 0 radical (unpaired) electrons. The maximum absolute atomic E-state index is 12.3. The highest BCUT2D eigenvalue weighted by Gasteiger charge is 2.17. The van der Waals surface area contributed by atoms with Crippen LogP contribution in [0.1, 0.15) is 37.1 Å². The molecule has 2 aromatic rings. The van der Waals surface area contributed by atoms with Crippen molar-refractivity contribution < 1.29 is 14.3 Å². The maximum Gasteiger partial charge on any atom is 0.234 e. The molecule has 2 atom stereocenters. The highest BCUT2D eigenvalue weighted by Crippen LogP contribution is 2.34. The largest absolute Gasteiger partial charge is 0.454 e. The molecule has 0 bridgehead atoms. The first-order valence-corrected chi connectivity index (χ1v) is 9.07. The van der Waals surface area contributed by atoms with E-state index in [0.29, 0.717) is 15.8 Å². The van der Waals surface area contributed by atoms with Crippen LogP contribution in [0.4, 0.5) is 0 Å². The van der Waals surface area contributed by atoms with Gasteiger partial charge in [-0.25, -0.2) is 0 Å². The van der Waals surface area contributed by atoms with Crippen LogP contribution in [0.2, 0.25) is 10.0 Å². The van der Waals surface area contributed by atoms with Crippen LogP contribution in [0.15, 0.2) is 36.4 Å². The van der Waals surface area contributed by atoms with E-state index in [0.717, 1.165) is 16.9 Å². The van der Waals surface area contributed by atoms with Gasteiger partial charge in [0.2, 0.25) is 12.7 Å². The van der Waals surface area contributed by atoms with Gasteiger partial charge in [0.25, 0.3) is 0 Å². The lowest BCUT2D eigenvalue weighted by molar-refractivity contribution is -0.121. The van der Waals surface area contributed by atoms with Crippen molar-refractivity contribution in [2.24, 2.45) is 0 Å². The third-order valence-corrected chi connectivity index (χ3v) is 4.83. The fourth-order valence-corrected chi connectivity index (χ4v) is 3.34. The van der Waals surface area contributed by atoms with Gasteiger partial charge in [0.15, 0.2) is 11.5 Å². The number of rotatable bonds is 6. The van der Waals surface area contributed by atoms with Crippen LogP contribution in [0.25, 0.3) is 0 Å². The van der Waals surface area contributed by atoms with Crippen molar-refractivity contribution in [2.45, 2.75) is 25.9 Å². The Bertz CT molecular complexity index is 813. The molecule has 2 N–H and O–H groups in total. The number of carbonyl (C=O) groups is 1. The summed E-state index contributed by atoms with van der Waals surface area (Å²) in [6.45, 7) is 4.28. The lowest BCUT2D eigenvalue weighted by atomic mass is 10.1. The Balaban J connectivity index is 1.53. The molecule has 138 valence electrons. The summed E-state index contributed by atoms with van der Waals surface area (Å²) in [5, 5.41) is 7.30. The number of nitrogens with one attached hydrogen (secondary N) is 2. The minimum absolute atomic E-state index is 0.0774. The van der Waals surface area contributed by atoms with E-state index in [4.69, 9.17) is 32.7 Å². The Hall–Kier alpha value is -1.95.